The highest BCUT2D eigenvalue weighted by molar-refractivity contribution is 7.92. The Morgan fingerprint density at radius 3 is 2.17 bits per heavy atom. The fraction of sp³-hybridized carbons (Fsp3) is 0.136. The molecule has 7 nitrogen and oxygen atoms in total. The fourth-order valence-electron chi connectivity index (χ4n) is 2.72. The third kappa shape index (κ3) is 5.09. The van der Waals surface area contributed by atoms with Crippen LogP contribution in [0.3, 0.4) is 0 Å². The lowest BCUT2D eigenvalue weighted by Gasteiger charge is -2.11. The minimum Gasteiger partial charge on any atom is -0.497 e. The van der Waals surface area contributed by atoms with Crippen molar-refractivity contribution >= 4 is 27.3 Å². The lowest BCUT2D eigenvalue weighted by molar-refractivity contribution is 0.102. The molecule has 0 aliphatic carbocycles. The summed E-state index contributed by atoms with van der Waals surface area (Å²) < 4.78 is 38.2. The highest BCUT2D eigenvalue weighted by Crippen LogP contribution is 2.22. The van der Waals surface area contributed by atoms with Gasteiger partial charge in [0.15, 0.2) is 0 Å². The summed E-state index contributed by atoms with van der Waals surface area (Å²) in [4.78, 5) is 12.6. The molecule has 0 spiro atoms. The second-order valence-electron chi connectivity index (χ2n) is 6.24. The largest absolute Gasteiger partial charge is 0.497 e. The van der Waals surface area contributed by atoms with Crippen LogP contribution < -0.4 is 19.5 Å². The average molecular weight is 426 g/mol. The topological polar surface area (TPSA) is 93.7 Å². The summed E-state index contributed by atoms with van der Waals surface area (Å²) in [5.41, 5.74) is 1.28. The molecule has 0 aliphatic rings. The van der Waals surface area contributed by atoms with Gasteiger partial charge in [-0.15, -0.1) is 0 Å². The van der Waals surface area contributed by atoms with Crippen LogP contribution in [0.4, 0.5) is 11.4 Å². The molecule has 0 fully saturated rings. The molecular formula is C22H22N2O5S. The minimum atomic E-state index is -3.77. The number of ether oxygens (including phenoxy) is 2. The Balaban J connectivity index is 1.71. The zero-order valence-corrected chi connectivity index (χ0v) is 17.4. The smallest absolute Gasteiger partial charge is 0.261 e. The number of anilines is 2. The van der Waals surface area contributed by atoms with Gasteiger partial charge in [-0.1, -0.05) is 12.1 Å². The second-order valence-corrected chi connectivity index (χ2v) is 7.92. The van der Waals surface area contributed by atoms with E-state index in [4.69, 9.17) is 9.47 Å². The maximum absolute atomic E-state index is 12.6. The molecule has 0 atom stereocenters. The Labute approximate surface area is 175 Å². The van der Waals surface area contributed by atoms with Gasteiger partial charge in [-0.3, -0.25) is 9.52 Å². The molecule has 1 amide bonds. The molecule has 8 heteroatoms. The van der Waals surface area contributed by atoms with Crippen LogP contribution in [0, 0.1) is 0 Å². The van der Waals surface area contributed by atoms with E-state index in [1.807, 2.05) is 6.92 Å². The van der Waals surface area contributed by atoms with E-state index in [1.165, 1.54) is 31.4 Å². The summed E-state index contributed by atoms with van der Waals surface area (Å²) in [6.45, 7) is 2.28. The van der Waals surface area contributed by atoms with Crippen LogP contribution in [0.15, 0.2) is 77.7 Å². The van der Waals surface area contributed by atoms with Crippen molar-refractivity contribution in [1.82, 2.24) is 0 Å². The number of amides is 1. The predicted molar refractivity (Wildman–Crippen MR) is 116 cm³/mol. The Morgan fingerprint density at radius 1 is 0.900 bits per heavy atom. The molecule has 2 N–H and O–H groups in total. The average Bonchev–Trinajstić information content (AvgIpc) is 2.75. The Morgan fingerprint density at radius 2 is 1.53 bits per heavy atom. The number of nitrogens with one attached hydrogen (secondary N) is 2. The Kier molecular flexibility index (Phi) is 6.58. The summed E-state index contributed by atoms with van der Waals surface area (Å²) in [5.74, 6) is 0.773. The Bertz CT molecular complexity index is 1110. The zero-order chi connectivity index (χ0) is 21.6. The van der Waals surface area contributed by atoms with Gasteiger partial charge in [0, 0.05) is 11.4 Å². The number of carbonyl (C=O) groups is 1. The number of rotatable bonds is 8. The van der Waals surface area contributed by atoms with Gasteiger partial charge in [-0.05, 0) is 67.6 Å². The first kappa shape index (κ1) is 21.2. The normalized spacial score (nSPS) is 10.9. The van der Waals surface area contributed by atoms with Gasteiger partial charge in [-0.25, -0.2) is 8.42 Å². The second kappa shape index (κ2) is 9.32. The number of methoxy groups -OCH3 is 1. The van der Waals surface area contributed by atoms with Crippen LogP contribution in [-0.4, -0.2) is 28.0 Å². The molecular weight excluding hydrogens is 404 g/mol. The lowest BCUT2D eigenvalue weighted by Crippen LogP contribution is -2.15. The van der Waals surface area contributed by atoms with Crippen molar-refractivity contribution in [2.45, 2.75) is 11.8 Å². The van der Waals surface area contributed by atoms with Crippen LogP contribution in [0.1, 0.15) is 17.3 Å². The van der Waals surface area contributed by atoms with Crippen molar-refractivity contribution in [2.24, 2.45) is 0 Å². The zero-order valence-electron chi connectivity index (χ0n) is 16.6. The van der Waals surface area contributed by atoms with Crippen LogP contribution in [0.5, 0.6) is 11.5 Å². The van der Waals surface area contributed by atoms with E-state index in [-0.39, 0.29) is 10.8 Å². The lowest BCUT2D eigenvalue weighted by atomic mass is 10.2. The van der Waals surface area contributed by atoms with Crippen molar-refractivity contribution < 1.29 is 22.7 Å². The number of hydrogen-bond acceptors (Lipinski definition) is 5. The summed E-state index contributed by atoms with van der Waals surface area (Å²) >= 11 is 0. The number of hydrogen-bond donors (Lipinski definition) is 2. The standard InChI is InChI=1S/C22H22N2O5S/c1-3-29-21-7-5-4-6-20(21)22(25)23-16-10-14-19(15-11-16)30(26,27)24-17-8-12-18(28-2)13-9-17/h4-15,24H,3H2,1-2H3,(H,23,25). The van der Waals surface area contributed by atoms with Crippen molar-refractivity contribution in [3.8, 4) is 11.5 Å². The monoisotopic (exact) mass is 426 g/mol. The van der Waals surface area contributed by atoms with Crippen LogP contribution in [0.25, 0.3) is 0 Å². The molecule has 156 valence electrons. The van der Waals surface area contributed by atoms with Gasteiger partial charge in [0.2, 0.25) is 0 Å². The first-order valence-electron chi connectivity index (χ1n) is 9.23. The Hall–Kier alpha value is -3.52. The number of sulfonamides is 1. The summed E-state index contributed by atoms with van der Waals surface area (Å²) in [6.07, 6.45) is 0. The summed E-state index contributed by atoms with van der Waals surface area (Å²) in [5, 5.41) is 2.75. The SMILES string of the molecule is CCOc1ccccc1C(=O)Nc1ccc(S(=O)(=O)Nc2ccc(OC)cc2)cc1. The molecule has 30 heavy (non-hydrogen) atoms. The quantitative estimate of drug-likeness (QED) is 0.564. The van der Waals surface area contributed by atoms with E-state index in [0.717, 1.165) is 0 Å². The van der Waals surface area contributed by atoms with Gasteiger partial charge in [0.05, 0.1) is 24.2 Å². The molecule has 0 unspecified atom stereocenters. The first-order chi connectivity index (χ1) is 14.4. The number of benzene rings is 3. The predicted octanol–water partition coefficient (Wildman–Crippen LogP) is 4.15. The fourth-order valence-corrected chi connectivity index (χ4v) is 3.78. The highest BCUT2D eigenvalue weighted by Gasteiger charge is 2.16. The van der Waals surface area contributed by atoms with E-state index in [0.29, 0.717) is 35.0 Å². The third-order valence-electron chi connectivity index (χ3n) is 4.20. The highest BCUT2D eigenvalue weighted by atomic mass is 32.2. The van der Waals surface area contributed by atoms with Gasteiger partial charge in [0.25, 0.3) is 15.9 Å². The van der Waals surface area contributed by atoms with E-state index < -0.39 is 10.0 Å². The van der Waals surface area contributed by atoms with Crippen molar-refractivity contribution in [3.05, 3.63) is 78.4 Å². The van der Waals surface area contributed by atoms with Crippen molar-refractivity contribution in [2.75, 3.05) is 23.8 Å². The van der Waals surface area contributed by atoms with E-state index in [9.17, 15) is 13.2 Å². The minimum absolute atomic E-state index is 0.0750. The van der Waals surface area contributed by atoms with E-state index >= 15 is 0 Å². The van der Waals surface area contributed by atoms with Crippen molar-refractivity contribution in [1.29, 1.82) is 0 Å². The molecule has 0 saturated heterocycles. The molecule has 0 saturated carbocycles. The molecule has 0 bridgehead atoms. The van der Waals surface area contributed by atoms with Crippen LogP contribution in [0.2, 0.25) is 0 Å². The summed E-state index contributed by atoms with van der Waals surface area (Å²) in [6, 6.07) is 19.4. The maximum atomic E-state index is 12.6. The number of carbonyl (C=O) groups excluding carboxylic acids is 1. The van der Waals surface area contributed by atoms with Gasteiger partial charge >= 0.3 is 0 Å². The molecule has 0 radical (unpaired) electrons. The molecule has 0 aliphatic heterocycles. The first-order valence-corrected chi connectivity index (χ1v) is 10.7. The third-order valence-corrected chi connectivity index (χ3v) is 5.59. The molecule has 3 aromatic carbocycles. The number of para-hydroxylation sites is 1. The van der Waals surface area contributed by atoms with Crippen LogP contribution >= 0.6 is 0 Å². The molecule has 3 rings (SSSR count). The van der Waals surface area contributed by atoms with E-state index in [2.05, 4.69) is 10.0 Å². The molecule has 0 heterocycles. The van der Waals surface area contributed by atoms with Crippen LogP contribution in [-0.2, 0) is 10.0 Å². The molecule has 3 aromatic rings. The van der Waals surface area contributed by atoms with Gasteiger partial charge in [0.1, 0.15) is 11.5 Å². The van der Waals surface area contributed by atoms with Crippen molar-refractivity contribution in [3.63, 3.8) is 0 Å². The maximum Gasteiger partial charge on any atom is 0.261 e. The summed E-state index contributed by atoms with van der Waals surface area (Å²) in [7, 11) is -2.23. The molecule has 0 aromatic heterocycles. The van der Waals surface area contributed by atoms with E-state index in [1.54, 1.807) is 48.5 Å². The van der Waals surface area contributed by atoms with Gasteiger partial charge in [-0.2, -0.15) is 0 Å². The van der Waals surface area contributed by atoms with Gasteiger partial charge < -0.3 is 14.8 Å².